The first kappa shape index (κ1) is 29.1. The largest absolute Gasteiger partial charge is 0.494 e. The molecule has 3 aliphatic heterocycles. The first-order chi connectivity index (χ1) is 19.6. The maximum atomic E-state index is 14.3. The van der Waals surface area contributed by atoms with Crippen molar-refractivity contribution in [3.8, 4) is 5.75 Å². The molecule has 3 saturated heterocycles. The molecule has 6 atom stereocenters. The van der Waals surface area contributed by atoms with Crippen molar-refractivity contribution in [2.24, 2.45) is 11.8 Å². The second-order valence-electron chi connectivity index (χ2n) is 11.6. The molecule has 220 valence electrons. The molecule has 1 spiro atoms. The number of aliphatic hydroxyl groups is 1. The minimum absolute atomic E-state index is 0.291. The lowest BCUT2D eigenvalue weighted by atomic mass is 9.65. The SMILES string of the molecule is CCOc1ccc(NC(=O)[C@@H]2[C@H]3C(=O)N([C@@H](CC)CO)C(C(=O)Nc4cc(C)ccc4C)C34CC[C@@]2(CC)O4)cc1. The van der Waals surface area contributed by atoms with Crippen LogP contribution in [-0.4, -0.2) is 64.2 Å². The average molecular weight is 564 g/mol. The van der Waals surface area contributed by atoms with E-state index < -0.39 is 35.1 Å². The fraction of sp³-hybridized carbons (Fsp3) is 0.531. The highest BCUT2D eigenvalue weighted by Crippen LogP contribution is 2.64. The molecule has 2 aromatic rings. The third kappa shape index (κ3) is 4.69. The molecule has 3 fully saturated rings. The lowest BCUT2D eigenvalue weighted by Gasteiger charge is -2.37. The van der Waals surface area contributed by atoms with E-state index in [1.54, 1.807) is 24.3 Å². The van der Waals surface area contributed by atoms with Gasteiger partial charge in [0.25, 0.3) is 0 Å². The van der Waals surface area contributed by atoms with Crippen LogP contribution in [0.4, 0.5) is 11.4 Å². The van der Waals surface area contributed by atoms with E-state index in [-0.39, 0.29) is 24.3 Å². The van der Waals surface area contributed by atoms with E-state index in [9.17, 15) is 19.5 Å². The van der Waals surface area contributed by atoms with Gasteiger partial charge in [-0.2, -0.15) is 0 Å². The summed E-state index contributed by atoms with van der Waals surface area (Å²) in [7, 11) is 0. The number of hydrogen-bond acceptors (Lipinski definition) is 6. The molecule has 2 bridgehead atoms. The number of aliphatic hydroxyl groups excluding tert-OH is 1. The van der Waals surface area contributed by atoms with Crippen molar-refractivity contribution in [2.75, 3.05) is 23.8 Å². The topological polar surface area (TPSA) is 117 Å². The maximum absolute atomic E-state index is 14.3. The summed E-state index contributed by atoms with van der Waals surface area (Å²) in [5, 5.41) is 16.3. The van der Waals surface area contributed by atoms with Crippen LogP contribution < -0.4 is 15.4 Å². The minimum atomic E-state index is -1.17. The molecular weight excluding hydrogens is 522 g/mol. The summed E-state index contributed by atoms with van der Waals surface area (Å²) >= 11 is 0. The zero-order valence-electron chi connectivity index (χ0n) is 24.5. The predicted molar refractivity (Wildman–Crippen MR) is 156 cm³/mol. The second-order valence-corrected chi connectivity index (χ2v) is 11.6. The number of hydrogen-bond donors (Lipinski definition) is 3. The average Bonchev–Trinajstić information content (AvgIpc) is 3.56. The van der Waals surface area contributed by atoms with Crippen molar-refractivity contribution in [1.29, 1.82) is 0 Å². The summed E-state index contributed by atoms with van der Waals surface area (Å²) in [5.74, 6) is -1.89. The fourth-order valence-electron chi connectivity index (χ4n) is 7.25. The Kier molecular flexibility index (Phi) is 7.87. The Morgan fingerprint density at radius 1 is 1.07 bits per heavy atom. The summed E-state index contributed by atoms with van der Waals surface area (Å²) < 4.78 is 12.3. The van der Waals surface area contributed by atoms with Crippen molar-refractivity contribution in [3.63, 3.8) is 0 Å². The molecular formula is C32H41N3O6. The summed E-state index contributed by atoms with van der Waals surface area (Å²) in [6.07, 6.45) is 2.03. The van der Waals surface area contributed by atoms with E-state index in [1.807, 2.05) is 52.8 Å². The summed E-state index contributed by atoms with van der Waals surface area (Å²) in [6.45, 7) is 9.87. The van der Waals surface area contributed by atoms with E-state index in [1.165, 1.54) is 4.90 Å². The molecule has 3 heterocycles. The number of ether oxygens (including phenoxy) is 2. The molecule has 0 radical (unpaired) electrons. The number of nitrogens with zero attached hydrogens (tertiary/aromatic N) is 1. The Bertz CT molecular complexity index is 1330. The van der Waals surface area contributed by atoms with E-state index in [4.69, 9.17) is 9.47 Å². The number of carbonyl (C=O) groups is 3. The third-order valence-electron chi connectivity index (χ3n) is 9.31. The van der Waals surface area contributed by atoms with Gasteiger partial charge in [-0.3, -0.25) is 14.4 Å². The zero-order valence-corrected chi connectivity index (χ0v) is 24.5. The molecule has 0 aliphatic carbocycles. The van der Waals surface area contributed by atoms with Gasteiger partial charge in [0.1, 0.15) is 17.4 Å². The van der Waals surface area contributed by atoms with Gasteiger partial charge in [-0.15, -0.1) is 0 Å². The van der Waals surface area contributed by atoms with Crippen molar-refractivity contribution in [2.45, 2.75) is 83.6 Å². The van der Waals surface area contributed by atoms with Crippen molar-refractivity contribution in [1.82, 2.24) is 4.90 Å². The third-order valence-corrected chi connectivity index (χ3v) is 9.31. The summed E-state index contributed by atoms with van der Waals surface area (Å²) in [5.41, 5.74) is 1.13. The van der Waals surface area contributed by atoms with Crippen LogP contribution in [-0.2, 0) is 19.1 Å². The van der Waals surface area contributed by atoms with Gasteiger partial charge in [-0.1, -0.05) is 26.0 Å². The molecule has 3 aliphatic rings. The Morgan fingerprint density at radius 2 is 1.80 bits per heavy atom. The fourth-order valence-corrected chi connectivity index (χ4v) is 7.25. The lowest BCUT2D eigenvalue weighted by molar-refractivity contribution is -0.148. The van der Waals surface area contributed by atoms with Gasteiger partial charge in [0, 0.05) is 11.4 Å². The van der Waals surface area contributed by atoms with Crippen molar-refractivity contribution < 1.29 is 29.0 Å². The van der Waals surface area contributed by atoms with Crippen LogP contribution in [0.1, 0.15) is 57.6 Å². The van der Waals surface area contributed by atoms with Crippen LogP contribution in [0.2, 0.25) is 0 Å². The molecule has 3 N–H and O–H groups in total. The van der Waals surface area contributed by atoms with Gasteiger partial charge in [-0.05, 0) is 87.9 Å². The molecule has 5 rings (SSSR count). The Balaban J connectivity index is 1.52. The Morgan fingerprint density at radius 3 is 2.44 bits per heavy atom. The number of fused-ring (bicyclic) bond motifs is 1. The Labute approximate surface area is 241 Å². The smallest absolute Gasteiger partial charge is 0.250 e. The lowest BCUT2D eigenvalue weighted by Crippen LogP contribution is -2.56. The van der Waals surface area contributed by atoms with Crippen LogP contribution >= 0.6 is 0 Å². The van der Waals surface area contributed by atoms with Crippen LogP contribution in [0.5, 0.6) is 5.75 Å². The maximum Gasteiger partial charge on any atom is 0.250 e. The highest BCUT2D eigenvalue weighted by Gasteiger charge is 2.79. The van der Waals surface area contributed by atoms with Gasteiger partial charge in [0.15, 0.2) is 0 Å². The molecule has 41 heavy (non-hydrogen) atoms. The van der Waals surface area contributed by atoms with Gasteiger partial charge >= 0.3 is 0 Å². The van der Waals surface area contributed by atoms with Crippen LogP contribution in [0.3, 0.4) is 0 Å². The summed E-state index contributed by atoms with van der Waals surface area (Å²) in [4.78, 5) is 44.0. The van der Waals surface area contributed by atoms with E-state index in [0.717, 1.165) is 11.1 Å². The van der Waals surface area contributed by atoms with E-state index in [2.05, 4.69) is 10.6 Å². The van der Waals surface area contributed by atoms with Crippen LogP contribution in [0.25, 0.3) is 0 Å². The predicted octanol–water partition coefficient (Wildman–Crippen LogP) is 4.21. The van der Waals surface area contributed by atoms with Crippen LogP contribution in [0, 0.1) is 25.7 Å². The Hall–Kier alpha value is -3.43. The number of rotatable bonds is 10. The first-order valence-electron chi connectivity index (χ1n) is 14.7. The van der Waals surface area contributed by atoms with Crippen LogP contribution in [0.15, 0.2) is 42.5 Å². The molecule has 2 aromatic carbocycles. The number of benzene rings is 2. The first-order valence-corrected chi connectivity index (χ1v) is 14.7. The molecule has 9 nitrogen and oxygen atoms in total. The quantitative estimate of drug-likeness (QED) is 0.399. The number of anilines is 2. The number of amides is 3. The van der Waals surface area contributed by atoms with Gasteiger partial charge in [0.2, 0.25) is 17.7 Å². The number of carbonyl (C=O) groups excluding carboxylic acids is 3. The minimum Gasteiger partial charge on any atom is -0.494 e. The number of aryl methyl sites for hydroxylation is 2. The van der Waals surface area contributed by atoms with E-state index >= 15 is 0 Å². The molecule has 0 saturated carbocycles. The van der Waals surface area contributed by atoms with Gasteiger partial charge in [0.05, 0.1) is 36.7 Å². The molecule has 9 heteroatoms. The highest BCUT2D eigenvalue weighted by molar-refractivity contribution is 6.05. The molecule has 3 amide bonds. The highest BCUT2D eigenvalue weighted by atomic mass is 16.5. The number of likely N-dealkylation sites (tertiary alicyclic amines) is 1. The van der Waals surface area contributed by atoms with Crippen molar-refractivity contribution in [3.05, 3.63) is 53.6 Å². The second kappa shape index (κ2) is 11.1. The summed E-state index contributed by atoms with van der Waals surface area (Å²) in [6, 6.07) is 11.4. The molecule has 2 unspecified atom stereocenters. The monoisotopic (exact) mass is 563 g/mol. The zero-order chi connectivity index (χ0) is 29.5. The van der Waals surface area contributed by atoms with Gasteiger partial charge in [-0.25, -0.2) is 0 Å². The van der Waals surface area contributed by atoms with Crippen molar-refractivity contribution >= 4 is 29.1 Å². The van der Waals surface area contributed by atoms with Gasteiger partial charge < -0.3 is 30.1 Å². The number of nitrogens with one attached hydrogen (secondary N) is 2. The van der Waals surface area contributed by atoms with E-state index in [0.29, 0.717) is 49.4 Å². The standard InChI is InChI=1S/C32H41N3O6/c1-6-22(18-36)35-27(29(38)34-24-17-19(4)9-10-20(24)5)32-16-15-31(7-2,41-32)25(26(32)30(35)39)28(37)33-21-11-13-23(14-12-21)40-8-3/h9-14,17,22,25-27,36H,6-8,15-16,18H2,1-5H3,(H,33,37)(H,34,38)/t22-,25-,26-,27?,31+,32?/m0/s1. The normalized spacial score (nSPS) is 28.9. The molecule has 0 aromatic heterocycles.